The largest absolute Gasteiger partial charge is 0.393 e. The Morgan fingerprint density at radius 1 is 1.47 bits per heavy atom. The number of methoxy groups -OCH3 is 1. The summed E-state index contributed by atoms with van der Waals surface area (Å²) < 4.78 is 4.95. The second kappa shape index (κ2) is 6.07. The van der Waals surface area contributed by atoms with Crippen LogP contribution < -0.4 is 0 Å². The molecule has 1 aliphatic heterocycles. The molecule has 1 amide bonds. The van der Waals surface area contributed by atoms with Gasteiger partial charge >= 0.3 is 0 Å². The molecule has 1 saturated carbocycles. The van der Waals surface area contributed by atoms with E-state index in [1.807, 2.05) is 4.90 Å². The second-order valence-corrected chi connectivity index (χ2v) is 6.02. The Hall–Kier alpha value is -0.260. The first kappa shape index (κ1) is 13.2. The van der Waals surface area contributed by atoms with Crippen molar-refractivity contribution < 1.29 is 14.6 Å². The lowest BCUT2D eigenvalue weighted by Crippen LogP contribution is -2.32. The molecule has 1 aliphatic carbocycles. The number of aliphatic hydroxyl groups is 1. The number of thioether (sulfide) groups is 1. The number of hydrogen-bond donors (Lipinski definition) is 1. The molecule has 0 aromatic carbocycles. The third-order valence-corrected chi connectivity index (χ3v) is 4.74. The van der Waals surface area contributed by atoms with Crippen molar-refractivity contribution in [2.75, 3.05) is 38.3 Å². The molecule has 0 aromatic heterocycles. The SMILES string of the molecule is COCCSCC(=O)N1CC2CCC(O)C2C1. The molecule has 5 heteroatoms. The van der Waals surface area contributed by atoms with Crippen LogP contribution in [0.4, 0.5) is 0 Å². The third kappa shape index (κ3) is 3.14. The molecule has 0 bridgehead atoms. The van der Waals surface area contributed by atoms with Gasteiger partial charge in [-0.3, -0.25) is 4.79 Å². The second-order valence-electron chi connectivity index (χ2n) is 4.91. The first-order valence-electron chi connectivity index (χ1n) is 6.25. The summed E-state index contributed by atoms with van der Waals surface area (Å²) in [5.41, 5.74) is 0. The molecule has 2 aliphatic rings. The van der Waals surface area contributed by atoms with E-state index in [4.69, 9.17) is 4.74 Å². The standard InChI is InChI=1S/C12H21NO3S/c1-16-4-5-17-8-12(15)13-6-9-2-3-11(14)10(9)7-13/h9-11,14H,2-8H2,1H3. The Morgan fingerprint density at radius 2 is 2.29 bits per heavy atom. The fourth-order valence-electron chi connectivity index (χ4n) is 2.83. The predicted octanol–water partition coefficient (Wildman–Crippen LogP) is 0.595. The van der Waals surface area contributed by atoms with Crippen LogP contribution >= 0.6 is 11.8 Å². The molecule has 1 heterocycles. The van der Waals surface area contributed by atoms with E-state index in [-0.39, 0.29) is 12.0 Å². The van der Waals surface area contributed by atoms with Gasteiger partial charge in [-0.1, -0.05) is 0 Å². The van der Waals surface area contributed by atoms with Crippen LogP contribution in [0.5, 0.6) is 0 Å². The lowest BCUT2D eigenvalue weighted by atomic mass is 10.00. The van der Waals surface area contributed by atoms with Crippen LogP contribution in [-0.2, 0) is 9.53 Å². The van der Waals surface area contributed by atoms with Crippen molar-refractivity contribution in [1.29, 1.82) is 0 Å². The van der Waals surface area contributed by atoms with Gasteiger partial charge in [-0.15, -0.1) is 11.8 Å². The van der Waals surface area contributed by atoms with Crippen molar-refractivity contribution >= 4 is 17.7 Å². The molecule has 17 heavy (non-hydrogen) atoms. The smallest absolute Gasteiger partial charge is 0.232 e. The molecule has 4 nitrogen and oxygen atoms in total. The zero-order valence-corrected chi connectivity index (χ0v) is 11.1. The monoisotopic (exact) mass is 259 g/mol. The van der Waals surface area contributed by atoms with Gasteiger partial charge in [0.1, 0.15) is 0 Å². The van der Waals surface area contributed by atoms with Crippen molar-refractivity contribution in [2.24, 2.45) is 11.8 Å². The molecule has 0 spiro atoms. The highest BCUT2D eigenvalue weighted by atomic mass is 32.2. The van der Waals surface area contributed by atoms with E-state index < -0.39 is 0 Å². The highest BCUT2D eigenvalue weighted by molar-refractivity contribution is 7.99. The van der Waals surface area contributed by atoms with Crippen LogP contribution in [0.25, 0.3) is 0 Å². The Labute approximate surface area is 107 Å². The van der Waals surface area contributed by atoms with Crippen LogP contribution in [0, 0.1) is 11.8 Å². The van der Waals surface area contributed by atoms with Gasteiger partial charge in [0.15, 0.2) is 0 Å². The van der Waals surface area contributed by atoms with Gasteiger partial charge < -0.3 is 14.7 Å². The number of likely N-dealkylation sites (tertiary alicyclic amines) is 1. The zero-order valence-electron chi connectivity index (χ0n) is 10.3. The molecular weight excluding hydrogens is 238 g/mol. The van der Waals surface area contributed by atoms with E-state index in [0.29, 0.717) is 24.2 Å². The Bertz CT molecular complexity index is 274. The van der Waals surface area contributed by atoms with Crippen molar-refractivity contribution in [3.05, 3.63) is 0 Å². The third-order valence-electron chi connectivity index (χ3n) is 3.83. The van der Waals surface area contributed by atoms with Crippen LogP contribution in [-0.4, -0.2) is 60.3 Å². The van der Waals surface area contributed by atoms with Gasteiger partial charge in [-0.05, 0) is 18.8 Å². The maximum atomic E-state index is 11.9. The number of carbonyl (C=O) groups excluding carboxylic acids is 1. The van der Waals surface area contributed by atoms with E-state index >= 15 is 0 Å². The summed E-state index contributed by atoms with van der Waals surface area (Å²) in [6.45, 7) is 2.31. The molecule has 1 N–H and O–H groups in total. The number of hydrogen-bond acceptors (Lipinski definition) is 4. The van der Waals surface area contributed by atoms with E-state index in [9.17, 15) is 9.90 Å². The van der Waals surface area contributed by atoms with E-state index in [0.717, 1.165) is 31.7 Å². The average molecular weight is 259 g/mol. The summed E-state index contributed by atoms with van der Waals surface area (Å²) in [5, 5.41) is 9.79. The summed E-state index contributed by atoms with van der Waals surface area (Å²) in [6.07, 6.45) is 1.81. The van der Waals surface area contributed by atoms with Crippen LogP contribution in [0.15, 0.2) is 0 Å². The summed E-state index contributed by atoms with van der Waals surface area (Å²) >= 11 is 1.62. The lowest BCUT2D eigenvalue weighted by Gasteiger charge is -2.18. The van der Waals surface area contributed by atoms with Gasteiger partial charge in [0.25, 0.3) is 0 Å². The predicted molar refractivity (Wildman–Crippen MR) is 68.0 cm³/mol. The number of rotatable bonds is 5. The zero-order chi connectivity index (χ0) is 12.3. The highest BCUT2D eigenvalue weighted by Gasteiger charge is 2.42. The summed E-state index contributed by atoms with van der Waals surface area (Å²) in [6, 6.07) is 0. The Kier molecular flexibility index (Phi) is 4.70. The summed E-state index contributed by atoms with van der Waals surface area (Å²) in [4.78, 5) is 13.9. The number of amides is 1. The lowest BCUT2D eigenvalue weighted by molar-refractivity contribution is -0.127. The highest BCUT2D eigenvalue weighted by Crippen LogP contribution is 2.38. The van der Waals surface area contributed by atoms with E-state index in [2.05, 4.69) is 0 Å². The number of aliphatic hydroxyl groups excluding tert-OH is 1. The van der Waals surface area contributed by atoms with Crippen molar-refractivity contribution in [3.63, 3.8) is 0 Å². The van der Waals surface area contributed by atoms with Crippen LogP contribution in [0.1, 0.15) is 12.8 Å². The minimum atomic E-state index is -0.182. The first-order chi connectivity index (χ1) is 8.22. The molecule has 2 rings (SSSR count). The molecule has 2 fully saturated rings. The van der Waals surface area contributed by atoms with Crippen LogP contribution in [0.2, 0.25) is 0 Å². The van der Waals surface area contributed by atoms with Crippen molar-refractivity contribution in [2.45, 2.75) is 18.9 Å². The van der Waals surface area contributed by atoms with Gasteiger partial charge in [-0.25, -0.2) is 0 Å². The maximum Gasteiger partial charge on any atom is 0.232 e. The fraction of sp³-hybridized carbons (Fsp3) is 0.917. The number of nitrogens with zero attached hydrogens (tertiary/aromatic N) is 1. The minimum Gasteiger partial charge on any atom is -0.393 e. The number of carbonyl (C=O) groups is 1. The van der Waals surface area contributed by atoms with Gasteiger partial charge in [0, 0.05) is 31.9 Å². The molecule has 98 valence electrons. The van der Waals surface area contributed by atoms with Crippen LogP contribution in [0.3, 0.4) is 0 Å². The van der Waals surface area contributed by atoms with E-state index in [1.54, 1.807) is 18.9 Å². The topological polar surface area (TPSA) is 49.8 Å². The first-order valence-corrected chi connectivity index (χ1v) is 7.40. The quantitative estimate of drug-likeness (QED) is 0.734. The van der Waals surface area contributed by atoms with Gasteiger partial charge in [-0.2, -0.15) is 0 Å². The molecular formula is C12H21NO3S. The molecule has 0 aromatic rings. The summed E-state index contributed by atoms with van der Waals surface area (Å²) in [5.74, 6) is 2.50. The van der Waals surface area contributed by atoms with Gasteiger partial charge in [0.2, 0.25) is 5.91 Å². The van der Waals surface area contributed by atoms with Crippen molar-refractivity contribution in [1.82, 2.24) is 4.90 Å². The van der Waals surface area contributed by atoms with Crippen molar-refractivity contribution in [3.8, 4) is 0 Å². The number of ether oxygens (including phenoxy) is 1. The summed E-state index contributed by atoms with van der Waals surface area (Å²) in [7, 11) is 1.67. The molecule has 3 atom stereocenters. The minimum absolute atomic E-state index is 0.182. The average Bonchev–Trinajstić information content (AvgIpc) is 2.87. The maximum absolute atomic E-state index is 11.9. The molecule has 3 unspecified atom stereocenters. The Balaban J connectivity index is 1.71. The fourth-order valence-corrected chi connectivity index (χ4v) is 3.62. The molecule has 1 saturated heterocycles. The number of fused-ring (bicyclic) bond motifs is 1. The molecule has 0 radical (unpaired) electrons. The van der Waals surface area contributed by atoms with Gasteiger partial charge in [0.05, 0.1) is 18.5 Å². The Morgan fingerprint density at radius 3 is 3.00 bits per heavy atom. The normalized spacial score (nSPS) is 31.9. The van der Waals surface area contributed by atoms with E-state index in [1.165, 1.54) is 0 Å².